The van der Waals surface area contributed by atoms with Gasteiger partial charge in [-0.3, -0.25) is 0 Å². The van der Waals surface area contributed by atoms with Gasteiger partial charge in [0.2, 0.25) is 0 Å². The van der Waals surface area contributed by atoms with Crippen molar-refractivity contribution >= 4 is 29.6 Å². The van der Waals surface area contributed by atoms with Gasteiger partial charge in [0, 0.05) is 0 Å². The topological polar surface area (TPSA) is 0 Å². The second kappa shape index (κ2) is 12.8. The Morgan fingerprint density at radius 3 is 1.06 bits per heavy atom. The third-order valence-corrected chi connectivity index (χ3v) is 34.3. The Bertz CT molecular complexity index is 2190. The molecule has 0 aromatic heterocycles. The number of hydrogen-bond acceptors (Lipinski definition) is 0. The molecule has 6 aromatic rings. The zero-order valence-electron chi connectivity index (χ0n) is 31.3. The third kappa shape index (κ3) is 4.86. The first-order valence-electron chi connectivity index (χ1n) is 19.2. The Hall–Kier alpha value is -4.11. The van der Waals surface area contributed by atoms with Gasteiger partial charge in [-0.1, -0.05) is 0 Å². The van der Waals surface area contributed by atoms with E-state index in [0.29, 0.717) is 18.4 Å². The molecular formula is C50H48HfSi. The van der Waals surface area contributed by atoms with Crippen molar-refractivity contribution in [2.75, 3.05) is 0 Å². The molecule has 0 saturated carbocycles. The summed E-state index contributed by atoms with van der Waals surface area (Å²) in [5.41, 5.74) is 18.8. The van der Waals surface area contributed by atoms with Crippen LogP contribution in [0.1, 0.15) is 68.4 Å². The van der Waals surface area contributed by atoms with Crippen LogP contribution in [0.4, 0.5) is 0 Å². The van der Waals surface area contributed by atoms with Gasteiger partial charge in [0.15, 0.2) is 0 Å². The van der Waals surface area contributed by atoms with Crippen molar-refractivity contribution in [3.63, 3.8) is 0 Å². The van der Waals surface area contributed by atoms with E-state index in [0.717, 1.165) is 0 Å². The maximum atomic E-state index is 2.80. The van der Waals surface area contributed by atoms with E-state index in [2.05, 4.69) is 195 Å². The number of rotatable bonds is 6. The van der Waals surface area contributed by atoms with Gasteiger partial charge >= 0.3 is 318 Å². The van der Waals surface area contributed by atoms with Crippen molar-refractivity contribution in [3.05, 3.63) is 191 Å². The zero-order chi connectivity index (χ0) is 35.8. The van der Waals surface area contributed by atoms with E-state index in [1.54, 1.807) is 43.8 Å². The average Bonchev–Trinajstić information content (AvgIpc) is 3.72. The van der Waals surface area contributed by atoms with Gasteiger partial charge in [-0.05, 0) is 0 Å². The number of hydrogen-bond donors (Lipinski definition) is 0. The summed E-state index contributed by atoms with van der Waals surface area (Å²) in [6.45, 7) is 10.3. The molecule has 0 nitrogen and oxygen atoms in total. The molecule has 0 saturated heterocycles. The Balaban J connectivity index is 1.38. The van der Waals surface area contributed by atoms with Gasteiger partial charge in [0.05, 0.1) is 0 Å². The zero-order valence-corrected chi connectivity index (χ0v) is 35.9. The van der Waals surface area contributed by atoms with Crippen molar-refractivity contribution in [2.24, 2.45) is 0 Å². The fourth-order valence-electron chi connectivity index (χ4n) is 11.0. The molecule has 6 aromatic carbocycles. The van der Waals surface area contributed by atoms with Crippen LogP contribution in [-0.2, 0) is 20.0 Å². The number of allylic oxidation sites excluding steroid dienone is 2. The maximum absolute atomic E-state index is 3.49. The molecule has 0 N–H and O–H groups in total. The van der Waals surface area contributed by atoms with Crippen LogP contribution in [-0.4, -0.2) is 8.07 Å². The van der Waals surface area contributed by atoms with E-state index in [9.17, 15) is 0 Å². The molecule has 0 spiro atoms. The van der Waals surface area contributed by atoms with E-state index in [-0.39, 0.29) is 0 Å². The molecule has 3 aliphatic rings. The minimum atomic E-state index is -3.49. The van der Waals surface area contributed by atoms with E-state index < -0.39 is 28.0 Å². The SMILES string of the molecule is CC(C)[Si]1(C(C)C)C2=C(c3ccc(-c4ccccc4)cc3)[CH](c3ccccc32)[Hf]([CH3])([CH3])[CH]2C(c3ccc(-c4ccccc4)cc3)=C1c1ccccc12. The number of fused-ring (bicyclic) bond motifs is 8. The molecule has 52 heavy (non-hydrogen) atoms. The standard InChI is InChI=1S/C48H42Si.2CH3.Hf/c1-33(2)49(34(3)4,47-43-21-13-11-19-41(43)31-45(47)39-27-23-37(24-28-39)35-15-7-5-8-16-35)48-44-22-14-12-20-42(44)32-46(48)40-29-25-38(26-30-40)36-17-9-6-10-18-36;;;/h5-34H,1-4H3;2*1H3;. The van der Waals surface area contributed by atoms with Crippen molar-refractivity contribution in [1.29, 1.82) is 0 Å². The molecule has 2 unspecified atom stereocenters. The van der Waals surface area contributed by atoms with Crippen LogP contribution >= 0.6 is 0 Å². The molecule has 2 atom stereocenters. The Labute approximate surface area is 316 Å². The van der Waals surface area contributed by atoms with E-state index >= 15 is 0 Å². The molecule has 9 rings (SSSR count). The summed E-state index contributed by atoms with van der Waals surface area (Å²) < 4.78 is 6.55. The molecule has 1 heterocycles. The summed E-state index contributed by atoms with van der Waals surface area (Å²) in [4.78, 5) is 0. The quantitative estimate of drug-likeness (QED) is 0.146. The molecule has 4 bridgehead atoms. The van der Waals surface area contributed by atoms with Crippen LogP contribution in [0.15, 0.2) is 158 Å². The predicted octanol–water partition coefficient (Wildman–Crippen LogP) is 14.3. The summed E-state index contributed by atoms with van der Waals surface area (Å²) in [6, 6.07) is 60.6. The van der Waals surface area contributed by atoms with Crippen LogP contribution in [0.3, 0.4) is 0 Å². The number of benzene rings is 6. The average molecular weight is 856 g/mol. The predicted molar refractivity (Wildman–Crippen MR) is 223 cm³/mol. The molecular weight excluding hydrogens is 807 g/mol. The first-order valence-corrected chi connectivity index (χ1v) is 32.7. The monoisotopic (exact) mass is 856 g/mol. The van der Waals surface area contributed by atoms with Crippen LogP contribution in [0.5, 0.6) is 0 Å². The van der Waals surface area contributed by atoms with E-state index in [1.165, 1.54) is 33.4 Å². The first-order chi connectivity index (χ1) is 25.2. The molecule has 0 fully saturated rings. The van der Waals surface area contributed by atoms with Crippen LogP contribution in [0.25, 0.3) is 43.8 Å². The second-order valence-electron chi connectivity index (χ2n) is 16.5. The van der Waals surface area contributed by atoms with Crippen molar-refractivity contribution in [2.45, 2.75) is 55.5 Å². The summed E-state index contributed by atoms with van der Waals surface area (Å²) in [5.74, 6) is 0. The molecule has 0 radical (unpaired) electrons. The van der Waals surface area contributed by atoms with Gasteiger partial charge in [0.1, 0.15) is 0 Å². The third-order valence-electron chi connectivity index (χ3n) is 12.9. The molecule has 256 valence electrons. The van der Waals surface area contributed by atoms with Gasteiger partial charge in [-0.2, -0.15) is 0 Å². The van der Waals surface area contributed by atoms with E-state index in [4.69, 9.17) is 0 Å². The fraction of sp³-hybridized carbons (Fsp3) is 0.200. The fourth-order valence-corrected chi connectivity index (χ4v) is 35.1. The van der Waals surface area contributed by atoms with Crippen LogP contribution < -0.4 is 0 Å². The minimum absolute atomic E-state index is 0.474. The molecule has 0 amide bonds. The molecule has 2 heteroatoms. The summed E-state index contributed by atoms with van der Waals surface area (Å²) >= 11 is -3.49. The summed E-state index contributed by atoms with van der Waals surface area (Å²) in [5, 5.41) is 3.48. The van der Waals surface area contributed by atoms with Crippen molar-refractivity contribution in [1.82, 2.24) is 0 Å². The van der Waals surface area contributed by atoms with Crippen molar-refractivity contribution < 1.29 is 20.0 Å². The molecule has 2 aliphatic carbocycles. The van der Waals surface area contributed by atoms with Gasteiger partial charge in [-0.15, -0.1) is 0 Å². The summed E-state index contributed by atoms with van der Waals surface area (Å²) in [7, 11) is -2.51. The van der Waals surface area contributed by atoms with Gasteiger partial charge in [-0.25, -0.2) is 0 Å². The van der Waals surface area contributed by atoms with Gasteiger partial charge in [0.25, 0.3) is 0 Å². The van der Waals surface area contributed by atoms with E-state index in [1.807, 2.05) is 0 Å². The second-order valence-corrected chi connectivity index (χ2v) is 38.8. The Morgan fingerprint density at radius 1 is 0.385 bits per heavy atom. The Kier molecular flexibility index (Phi) is 8.28. The summed E-state index contributed by atoms with van der Waals surface area (Å²) in [6.07, 6.45) is 0. The van der Waals surface area contributed by atoms with Crippen molar-refractivity contribution in [3.8, 4) is 22.3 Å². The Morgan fingerprint density at radius 2 is 0.692 bits per heavy atom. The first kappa shape index (κ1) is 33.7. The normalized spacial score (nSPS) is 19.5. The van der Waals surface area contributed by atoms with Crippen LogP contribution in [0.2, 0.25) is 20.4 Å². The molecule has 1 aliphatic heterocycles. The van der Waals surface area contributed by atoms with Gasteiger partial charge < -0.3 is 0 Å². The van der Waals surface area contributed by atoms with Crippen LogP contribution in [0, 0.1) is 0 Å².